The quantitative estimate of drug-likeness (QED) is 0.778. The highest BCUT2D eigenvalue weighted by atomic mass is 32.2. The van der Waals surface area contributed by atoms with E-state index in [1.54, 1.807) is 6.07 Å². The number of hydrogen-bond donors (Lipinski definition) is 1. The molecule has 0 aromatic heterocycles. The highest BCUT2D eigenvalue weighted by molar-refractivity contribution is 7.92. The number of benzene rings is 2. The summed E-state index contributed by atoms with van der Waals surface area (Å²) in [6, 6.07) is 12.2. The molecule has 0 heterocycles. The highest BCUT2D eigenvalue weighted by Gasteiger charge is 2.31. The lowest BCUT2D eigenvalue weighted by molar-refractivity contribution is -0.117. The molecule has 2 aromatic rings. The van der Waals surface area contributed by atoms with Crippen LogP contribution in [0, 0.1) is 13.8 Å². The van der Waals surface area contributed by atoms with Crippen LogP contribution in [0.1, 0.15) is 37.0 Å². The zero-order valence-corrected chi connectivity index (χ0v) is 17.4. The smallest absolute Gasteiger partial charge is 0.248 e. The summed E-state index contributed by atoms with van der Waals surface area (Å²) in [6.07, 6.45) is 2.41. The number of carbonyl (C=O) groups excluding carboxylic acids is 1. The summed E-state index contributed by atoms with van der Waals surface area (Å²) in [6.45, 7) is 7.77. The standard InChI is InChI=1S/C21H28N2O3S/c1-6-17-9-11-18(12-10-17)22-21(24)20(7-2)23(27(5,25)26)19-13-8-15(3)16(4)14-19/h8-14,20H,6-7H2,1-5H3,(H,22,24)/t20-/m0/s1. The Bertz CT molecular complexity index is 906. The topological polar surface area (TPSA) is 66.5 Å². The molecule has 1 atom stereocenters. The number of anilines is 2. The molecule has 0 aliphatic carbocycles. The second kappa shape index (κ2) is 8.57. The van der Waals surface area contributed by atoms with Crippen molar-refractivity contribution >= 4 is 27.3 Å². The van der Waals surface area contributed by atoms with E-state index in [9.17, 15) is 13.2 Å². The molecule has 0 saturated carbocycles. The van der Waals surface area contributed by atoms with E-state index in [0.717, 1.165) is 23.8 Å². The Balaban J connectivity index is 2.36. The van der Waals surface area contributed by atoms with Gasteiger partial charge in [-0.05, 0) is 67.6 Å². The van der Waals surface area contributed by atoms with Gasteiger partial charge in [0.25, 0.3) is 0 Å². The normalized spacial score (nSPS) is 12.5. The van der Waals surface area contributed by atoms with Gasteiger partial charge in [-0.2, -0.15) is 0 Å². The predicted octanol–water partition coefficient (Wildman–Crippen LogP) is 4.05. The van der Waals surface area contributed by atoms with Gasteiger partial charge in [0.2, 0.25) is 15.9 Å². The van der Waals surface area contributed by atoms with Crippen molar-refractivity contribution in [2.45, 2.75) is 46.6 Å². The molecule has 1 N–H and O–H groups in total. The van der Waals surface area contributed by atoms with Gasteiger partial charge in [0.15, 0.2) is 0 Å². The van der Waals surface area contributed by atoms with Crippen LogP contribution in [0.2, 0.25) is 0 Å². The van der Waals surface area contributed by atoms with Crippen LogP contribution in [0.25, 0.3) is 0 Å². The van der Waals surface area contributed by atoms with Crippen molar-refractivity contribution in [3.63, 3.8) is 0 Å². The Labute approximate surface area is 162 Å². The van der Waals surface area contributed by atoms with E-state index in [0.29, 0.717) is 17.8 Å². The van der Waals surface area contributed by atoms with Crippen molar-refractivity contribution in [1.82, 2.24) is 0 Å². The van der Waals surface area contributed by atoms with Crippen LogP contribution in [-0.2, 0) is 21.2 Å². The zero-order valence-electron chi connectivity index (χ0n) is 16.6. The molecule has 0 fully saturated rings. The molecule has 27 heavy (non-hydrogen) atoms. The largest absolute Gasteiger partial charge is 0.324 e. The first-order valence-corrected chi connectivity index (χ1v) is 11.0. The zero-order chi connectivity index (χ0) is 20.2. The molecule has 2 aromatic carbocycles. The van der Waals surface area contributed by atoms with E-state index in [-0.39, 0.29) is 5.91 Å². The van der Waals surface area contributed by atoms with Gasteiger partial charge in [-0.25, -0.2) is 8.42 Å². The maximum atomic E-state index is 12.9. The van der Waals surface area contributed by atoms with E-state index >= 15 is 0 Å². The average molecular weight is 389 g/mol. The number of carbonyl (C=O) groups is 1. The summed E-state index contributed by atoms with van der Waals surface area (Å²) < 4.78 is 26.2. The summed E-state index contributed by atoms with van der Waals surface area (Å²) in [5.74, 6) is -0.342. The van der Waals surface area contributed by atoms with Gasteiger partial charge in [0.05, 0.1) is 11.9 Å². The summed E-state index contributed by atoms with van der Waals surface area (Å²) in [4.78, 5) is 12.9. The molecule has 5 nitrogen and oxygen atoms in total. The van der Waals surface area contributed by atoms with Crippen LogP contribution >= 0.6 is 0 Å². The van der Waals surface area contributed by atoms with Crippen molar-refractivity contribution in [3.05, 3.63) is 59.2 Å². The second-order valence-corrected chi connectivity index (χ2v) is 8.65. The number of hydrogen-bond acceptors (Lipinski definition) is 3. The lowest BCUT2D eigenvalue weighted by Gasteiger charge is -2.30. The lowest BCUT2D eigenvalue weighted by Crippen LogP contribution is -2.47. The van der Waals surface area contributed by atoms with Gasteiger partial charge in [-0.1, -0.05) is 32.0 Å². The van der Waals surface area contributed by atoms with E-state index in [1.807, 2.05) is 57.2 Å². The minimum absolute atomic E-state index is 0.342. The van der Waals surface area contributed by atoms with E-state index in [1.165, 1.54) is 9.87 Å². The third kappa shape index (κ3) is 5.10. The summed E-state index contributed by atoms with van der Waals surface area (Å²) >= 11 is 0. The number of amides is 1. The van der Waals surface area contributed by atoms with Crippen molar-refractivity contribution < 1.29 is 13.2 Å². The fourth-order valence-electron chi connectivity index (χ4n) is 2.97. The molecule has 0 aliphatic heterocycles. The molecule has 0 saturated heterocycles. The molecule has 1 amide bonds. The first-order valence-electron chi connectivity index (χ1n) is 9.13. The van der Waals surface area contributed by atoms with Crippen molar-refractivity contribution in [3.8, 4) is 0 Å². The predicted molar refractivity (Wildman–Crippen MR) is 112 cm³/mol. The Hall–Kier alpha value is -2.34. The van der Waals surface area contributed by atoms with E-state index in [2.05, 4.69) is 12.2 Å². The minimum Gasteiger partial charge on any atom is -0.324 e. The summed E-state index contributed by atoms with van der Waals surface area (Å²) in [5, 5.41) is 2.85. The first-order chi connectivity index (χ1) is 12.7. The molecule has 146 valence electrons. The average Bonchev–Trinajstić information content (AvgIpc) is 2.61. The maximum absolute atomic E-state index is 12.9. The maximum Gasteiger partial charge on any atom is 0.248 e. The third-order valence-corrected chi connectivity index (χ3v) is 5.88. The van der Waals surface area contributed by atoms with Gasteiger partial charge in [0.1, 0.15) is 6.04 Å². The number of nitrogens with zero attached hydrogens (tertiary/aromatic N) is 1. The fraction of sp³-hybridized carbons (Fsp3) is 0.381. The molecular weight excluding hydrogens is 360 g/mol. The van der Waals surface area contributed by atoms with Gasteiger partial charge in [-0.3, -0.25) is 9.10 Å². The molecule has 6 heteroatoms. The van der Waals surface area contributed by atoms with Crippen molar-refractivity contribution in [2.75, 3.05) is 15.9 Å². The summed E-state index contributed by atoms with van der Waals surface area (Å²) in [5.41, 5.74) is 4.38. The van der Waals surface area contributed by atoms with Gasteiger partial charge in [-0.15, -0.1) is 0 Å². The molecule has 0 unspecified atom stereocenters. The van der Waals surface area contributed by atoms with Crippen molar-refractivity contribution in [2.24, 2.45) is 0 Å². The molecule has 0 aliphatic rings. The third-order valence-electron chi connectivity index (χ3n) is 4.70. The highest BCUT2D eigenvalue weighted by Crippen LogP contribution is 2.25. The van der Waals surface area contributed by atoms with Gasteiger partial charge >= 0.3 is 0 Å². The monoisotopic (exact) mass is 388 g/mol. The van der Waals surface area contributed by atoms with Crippen LogP contribution in [0.3, 0.4) is 0 Å². The van der Waals surface area contributed by atoms with Crippen molar-refractivity contribution in [1.29, 1.82) is 0 Å². The molecule has 0 bridgehead atoms. The van der Waals surface area contributed by atoms with E-state index in [4.69, 9.17) is 0 Å². The van der Waals surface area contributed by atoms with Crippen LogP contribution in [0.4, 0.5) is 11.4 Å². The lowest BCUT2D eigenvalue weighted by atomic mass is 10.1. The molecule has 0 radical (unpaired) electrons. The Morgan fingerprint density at radius 1 is 1.04 bits per heavy atom. The van der Waals surface area contributed by atoms with Crippen LogP contribution in [0.5, 0.6) is 0 Å². The number of aryl methyl sites for hydroxylation is 3. The molecule has 2 rings (SSSR count). The SMILES string of the molecule is CCc1ccc(NC(=O)[C@H](CC)N(c2ccc(C)c(C)c2)S(C)(=O)=O)cc1. The van der Waals surface area contributed by atoms with Gasteiger partial charge < -0.3 is 5.32 Å². The van der Waals surface area contributed by atoms with Crippen LogP contribution in [0.15, 0.2) is 42.5 Å². The Morgan fingerprint density at radius 2 is 1.67 bits per heavy atom. The molecule has 0 spiro atoms. The van der Waals surface area contributed by atoms with Crippen LogP contribution in [-0.4, -0.2) is 26.6 Å². The number of nitrogens with one attached hydrogen (secondary N) is 1. The second-order valence-electron chi connectivity index (χ2n) is 6.79. The minimum atomic E-state index is -3.63. The first kappa shape index (κ1) is 21.0. The molecular formula is C21H28N2O3S. The van der Waals surface area contributed by atoms with Gasteiger partial charge in [0, 0.05) is 5.69 Å². The number of sulfonamides is 1. The van der Waals surface area contributed by atoms with E-state index < -0.39 is 16.1 Å². The number of rotatable bonds is 7. The van der Waals surface area contributed by atoms with Crippen LogP contribution < -0.4 is 9.62 Å². The Morgan fingerprint density at radius 3 is 2.15 bits per heavy atom. The fourth-order valence-corrected chi connectivity index (χ4v) is 4.18. The summed E-state index contributed by atoms with van der Waals surface area (Å²) in [7, 11) is -3.63. The Kier molecular flexibility index (Phi) is 6.65.